The fourth-order valence-electron chi connectivity index (χ4n) is 2.88. The minimum atomic E-state index is -3.70. The van der Waals surface area contributed by atoms with Crippen LogP contribution in [0, 0.1) is 5.92 Å². The van der Waals surface area contributed by atoms with Gasteiger partial charge in [0.1, 0.15) is 0 Å². The molecule has 28 heavy (non-hydrogen) atoms. The van der Waals surface area contributed by atoms with Crippen LogP contribution in [0.4, 0.5) is 11.4 Å². The van der Waals surface area contributed by atoms with E-state index >= 15 is 0 Å². The van der Waals surface area contributed by atoms with Crippen molar-refractivity contribution in [2.24, 2.45) is 5.92 Å². The molecule has 2 aromatic rings. The fraction of sp³-hybridized carbons (Fsp3) is 0.211. The maximum absolute atomic E-state index is 12.4. The second-order valence-electron chi connectivity index (χ2n) is 6.36. The topological polar surface area (TPSA) is 110 Å². The van der Waals surface area contributed by atoms with Crippen LogP contribution in [0.3, 0.4) is 0 Å². The van der Waals surface area contributed by atoms with Crippen LogP contribution in [0.25, 0.3) is 0 Å². The number of carbonyl (C=O) groups is 3. The summed E-state index contributed by atoms with van der Waals surface area (Å²) in [5.41, 5.74) is 1.16. The molecule has 0 bridgehead atoms. The van der Waals surface area contributed by atoms with E-state index in [0.29, 0.717) is 11.3 Å². The molecular formula is C19H18N2O6S. The lowest BCUT2D eigenvalue weighted by molar-refractivity contribution is -0.119. The van der Waals surface area contributed by atoms with E-state index in [-0.39, 0.29) is 17.0 Å². The predicted molar refractivity (Wildman–Crippen MR) is 103 cm³/mol. The van der Waals surface area contributed by atoms with Crippen LogP contribution in [0.2, 0.25) is 0 Å². The van der Waals surface area contributed by atoms with E-state index in [2.05, 4.69) is 10.1 Å². The quantitative estimate of drug-likeness (QED) is 0.784. The minimum absolute atomic E-state index is 0.193. The van der Waals surface area contributed by atoms with E-state index in [1.54, 1.807) is 25.1 Å². The Labute approximate surface area is 162 Å². The van der Waals surface area contributed by atoms with E-state index in [1.165, 1.54) is 37.4 Å². The number of nitrogens with zero attached hydrogens (tertiary/aromatic N) is 1. The number of nitrogens with one attached hydrogen (secondary N) is 1. The summed E-state index contributed by atoms with van der Waals surface area (Å²) < 4.78 is 29.7. The Morgan fingerprint density at radius 1 is 1.11 bits per heavy atom. The zero-order chi connectivity index (χ0) is 20.5. The van der Waals surface area contributed by atoms with Crippen molar-refractivity contribution in [1.82, 2.24) is 0 Å². The molecular weight excluding hydrogens is 384 g/mol. The van der Waals surface area contributed by atoms with Gasteiger partial charge in [-0.05, 0) is 42.5 Å². The number of ether oxygens (including phenoxy) is 1. The van der Waals surface area contributed by atoms with Crippen molar-refractivity contribution < 1.29 is 27.5 Å². The molecule has 1 unspecified atom stereocenters. The van der Waals surface area contributed by atoms with Gasteiger partial charge in [0.15, 0.2) is 0 Å². The predicted octanol–water partition coefficient (Wildman–Crippen LogP) is 2.04. The average molecular weight is 402 g/mol. The molecule has 0 spiro atoms. The Morgan fingerprint density at radius 2 is 1.79 bits per heavy atom. The summed E-state index contributed by atoms with van der Waals surface area (Å²) in [4.78, 5) is 36.1. The van der Waals surface area contributed by atoms with Gasteiger partial charge in [-0.3, -0.25) is 9.59 Å². The monoisotopic (exact) mass is 402 g/mol. The van der Waals surface area contributed by atoms with Gasteiger partial charge >= 0.3 is 5.97 Å². The van der Waals surface area contributed by atoms with Gasteiger partial charge in [-0.15, -0.1) is 0 Å². The third-order valence-electron chi connectivity index (χ3n) is 4.27. The van der Waals surface area contributed by atoms with Gasteiger partial charge in [0.2, 0.25) is 15.9 Å². The highest BCUT2D eigenvalue weighted by Gasteiger charge is 2.41. The summed E-state index contributed by atoms with van der Waals surface area (Å²) in [5, 5.41) is 2.65. The summed E-state index contributed by atoms with van der Waals surface area (Å²) in [6, 6.07) is 12.0. The van der Waals surface area contributed by atoms with Crippen molar-refractivity contribution in [2.45, 2.75) is 6.92 Å². The van der Waals surface area contributed by atoms with Gasteiger partial charge in [-0.2, -0.15) is 0 Å². The van der Waals surface area contributed by atoms with Crippen LogP contribution in [0.5, 0.6) is 0 Å². The molecule has 3 rings (SSSR count). The summed E-state index contributed by atoms with van der Waals surface area (Å²) in [6.07, 6.45) is 0. The number of hydrogen-bond acceptors (Lipinski definition) is 6. The standard InChI is InChI=1S/C19H18N2O6S/c1-12-11-28(25,26)21(18(12)23)16-8-6-13(7-9-16)17(22)20-15-5-3-4-14(10-15)19(24)27-2/h3-10,12H,11H2,1-2H3,(H,20,22). The van der Waals surface area contributed by atoms with Gasteiger partial charge in [-0.25, -0.2) is 17.5 Å². The van der Waals surface area contributed by atoms with Crippen LogP contribution in [-0.4, -0.2) is 39.1 Å². The second-order valence-corrected chi connectivity index (χ2v) is 8.22. The summed E-state index contributed by atoms with van der Waals surface area (Å²) in [6.45, 7) is 1.56. The lowest BCUT2D eigenvalue weighted by Crippen LogP contribution is -2.30. The summed E-state index contributed by atoms with van der Waals surface area (Å²) >= 11 is 0. The first-order chi connectivity index (χ1) is 13.2. The largest absolute Gasteiger partial charge is 0.465 e. The second kappa shape index (κ2) is 7.43. The van der Waals surface area contributed by atoms with Gasteiger partial charge in [0.05, 0.1) is 30.0 Å². The summed E-state index contributed by atoms with van der Waals surface area (Å²) in [7, 11) is -2.43. The Kier molecular flexibility index (Phi) is 5.19. The first kappa shape index (κ1) is 19.6. The number of methoxy groups -OCH3 is 1. The molecule has 1 atom stereocenters. The van der Waals surface area contributed by atoms with E-state index in [0.717, 1.165) is 4.31 Å². The van der Waals surface area contributed by atoms with Crippen LogP contribution < -0.4 is 9.62 Å². The first-order valence-corrected chi connectivity index (χ1v) is 10.0. The summed E-state index contributed by atoms with van der Waals surface area (Å²) in [5.74, 6) is -2.29. The van der Waals surface area contributed by atoms with Crippen molar-refractivity contribution in [3.05, 3.63) is 59.7 Å². The molecule has 0 saturated carbocycles. The third kappa shape index (κ3) is 3.74. The average Bonchev–Trinajstić information content (AvgIpc) is 2.88. The molecule has 8 nitrogen and oxygen atoms in total. The highest BCUT2D eigenvalue weighted by atomic mass is 32.2. The van der Waals surface area contributed by atoms with E-state index in [4.69, 9.17) is 0 Å². The molecule has 1 saturated heterocycles. The first-order valence-electron chi connectivity index (χ1n) is 8.39. The van der Waals surface area contributed by atoms with Gasteiger partial charge in [0.25, 0.3) is 5.91 Å². The number of benzene rings is 2. The van der Waals surface area contributed by atoms with Crippen molar-refractivity contribution >= 4 is 39.2 Å². The minimum Gasteiger partial charge on any atom is -0.465 e. The Bertz CT molecular complexity index is 1050. The Morgan fingerprint density at radius 3 is 2.36 bits per heavy atom. The van der Waals surface area contributed by atoms with E-state index < -0.39 is 33.7 Å². The van der Waals surface area contributed by atoms with Crippen molar-refractivity contribution in [3.63, 3.8) is 0 Å². The SMILES string of the molecule is COC(=O)c1cccc(NC(=O)c2ccc(N3C(=O)C(C)CS3(=O)=O)cc2)c1. The molecule has 0 radical (unpaired) electrons. The van der Waals surface area contributed by atoms with E-state index in [1.807, 2.05) is 0 Å². The van der Waals surface area contributed by atoms with Crippen molar-refractivity contribution in [3.8, 4) is 0 Å². The van der Waals surface area contributed by atoms with Crippen LogP contribution in [0.1, 0.15) is 27.6 Å². The number of carbonyl (C=O) groups excluding carboxylic acids is 3. The maximum Gasteiger partial charge on any atom is 0.337 e. The number of amides is 2. The maximum atomic E-state index is 12.4. The number of esters is 1. The number of hydrogen-bond donors (Lipinski definition) is 1. The molecule has 1 aliphatic rings. The smallest absolute Gasteiger partial charge is 0.337 e. The van der Waals surface area contributed by atoms with Crippen LogP contribution >= 0.6 is 0 Å². The van der Waals surface area contributed by atoms with Crippen molar-refractivity contribution in [1.29, 1.82) is 0 Å². The molecule has 0 aliphatic carbocycles. The molecule has 146 valence electrons. The molecule has 1 N–H and O–H groups in total. The molecule has 9 heteroatoms. The zero-order valence-corrected chi connectivity index (χ0v) is 16.0. The third-order valence-corrected chi connectivity index (χ3v) is 6.13. The highest BCUT2D eigenvalue weighted by molar-refractivity contribution is 7.94. The molecule has 1 heterocycles. The number of anilines is 2. The normalized spacial score (nSPS) is 18.0. The highest BCUT2D eigenvalue weighted by Crippen LogP contribution is 2.28. The van der Waals surface area contributed by atoms with Gasteiger partial charge in [0, 0.05) is 11.3 Å². The Balaban J connectivity index is 1.78. The lowest BCUT2D eigenvalue weighted by Gasteiger charge is -2.15. The lowest BCUT2D eigenvalue weighted by atomic mass is 10.1. The molecule has 1 fully saturated rings. The van der Waals surface area contributed by atoms with Crippen LogP contribution in [0.15, 0.2) is 48.5 Å². The number of rotatable bonds is 4. The molecule has 1 aliphatic heterocycles. The molecule has 2 amide bonds. The Hall–Kier alpha value is -3.20. The zero-order valence-electron chi connectivity index (χ0n) is 15.2. The molecule has 2 aromatic carbocycles. The molecule has 0 aromatic heterocycles. The van der Waals surface area contributed by atoms with Gasteiger partial charge in [-0.1, -0.05) is 13.0 Å². The fourth-order valence-corrected chi connectivity index (χ4v) is 4.70. The van der Waals surface area contributed by atoms with E-state index in [9.17, 15) is 22.8 Å². The number of sulfonamides is 1. The van der Waals surface area contributed by atoms with Crippen LogP contribution in [-0.2, 0) is 19.6 Å². The van der Waals surface area contributed by atoms with Gasteiger partial charge < -0.3 is 10.1 Å². The van der Waals surface area contributed by atoms with Crippen molar-refractivity contribution in [2.75, 3.05) is 22.5 Å².